The van der Waals surface area contributed by atoms with Crippen LogP contribution in [0.5, 0.6) is 0 Å². The summed E-state index contributed by atoms with van der Waals surface area (Å²) >= 11 is 0. The van der Waals surface area contributed by atoms with Crippen molar-refractivity contribution in [2.24, 2.45) is 0 Å². The van der Waals surface area contributed by atoms with Gasteiger partial charge in [0.25, 0.3) is 0 Å². The molecule has 0 aromatic rings. The number of rotatable bonds is 2. The second-order valence-electron chi connectivity index (χ2n) is 3.75. The van der Waals surface area contributed by atoms with Crippen molar-refractivity contribution >= 4 is 5.78 Å². The van der Waals surface area contributed by atoms with Gasteiger partial charge in [0.2, 0.25) is 0 Å². The van der Waals surface area contributed by atoms with Gasteiger partial charge in [-0.1, -0.05) is 60.8 Å². The van der Waals surface area contributed by atoms with Gasteiger partial charge in [0.1, 0.15) is 0 Å². The molecule has 2 aliphatic carbocycles. The van der Waals surface area contributed by atoms with E-state index in [2.05, 4.69) is 0 Å². The summed E-state index contributed by atoms with van der Waals surface area (Å²) in [4.78, 5) is 12.2. The van der Waals surface area contributed by atoms with E-state index in [0.717, 1.165) is 24.0 Å². The Morgan fingerprint density at radius 3 is 1.75 bits per heavy atom. The van der Waals surface area contributed by atoms with Gasteiger partial charge >= 0.3 is 0 Å². The zero-order chi connectivity index (χ0) is 11.2. The van der Waals surface area contributed by atoms with Gasteiger partial charge in [-0.2, -0.15) is 0 Å². The molecular weight excluding hydrogens is 196 g/mol. The van der Waals surface area contributed by atoms with Crippen molar-refractivity contribution in [2.75, 3.05) is 0 Å². The molecule has 1 heteroatoms. The molecule has 0 N–H and O–H groups in total. The highest BCUT2D eigenvalue weighted by atomic mass is 16.1. The Bertz CT molecular complexity index is 412. The summed E-state index contributed by atoms with van der Waals surface area (Å²) in [6, 6.07) is 0. The van der Waals surface area contributed by atoms with Crippen LogP contribution in [0.15, 0.2) is 71.9 Å². The van der Waals surface area contributed by atoms with Crippen molar-refractivity contribution < 1.29 is 4.79 Å². The summed E-state index contributed by atoms with van der Waals surface area (Å²) in [5.41, 5.74) is 1.72. The Morgan fingerprint density at radius 1 is 0.750 bits per heavy atom. The molecule has 16 heavy (non-hydrogen) atoms. The summed E-state index contributed by atoms with van der Waals surface area (Å²) in [6.45, 7) is 0. The van der Waals surface area contributed by atoms with Crippen molar-refractivity contribution in [3.8, 4) is 0 Å². The first-order valence-electron chi connectivity index (χ1n) is 5.47. The third kappa shape index (κ3) is 2.57. The first-order chi connectivity index (χ1) is 7.88. The summed E-state index contributed by atoms with van der Waals surface area (Å²) in [5.74, 6) is 0.160. The van der Waals surface area contributed by atoms with Crippen LogP contribution in [0.2, 0.25) is 0 Å². The van der Waals surface area contributed by atoms with Crippen molar-refractivity contribution in [1.29, 1.82) is 0 Å². The Balaban J connectivity index is 2.19. The van der Waals surface area contributed by atoms with Gasteiger partial charge < -0.3 is 0 Å². The van der Waals surface area contributed by atoms with Crippen LogP contribution in [0.3, 0.4) is 0 Å². The van der Waals surface area contributed by atoms with E-state index in [4.69, 9.17) is 0 Å². The molecule has 0 amide bonds. The van der Waals surface area contributed by atoms with Crippen LogP contribution >= 0.6 is 0 Å². The van der Waals surface area contributed by atoms with Crippen molar-refractivity contribution in [2.45, 2.75) is 12.8 Å². The first-order valence-corrected chi connectivity index (χ1v) is 5.47. The van der Waals surface area contributed by atoms with Gasteiger partial charge in [-0.15, -0.1) is 0 Å². The highest BCUT2D eigenvalue weighted by Crippen LogP contribution is 2.17. The fourth-order valence-electron chi connectivity index (χ4n) is 1.70. The maximum Gasteiger partial charge on any atom is 0.185 e. The molecule has 0 bridgehead atoms. The number of carbonyl (C=O) groups excluding carboxylic acids is 1. The summed E-state index contributed by atoms with van der Waals surface area (Å²) in [7, 11) is 0. The van der Waals surface area contributed by atoms with Crippen LogP contribution in [0.25, 0.3) is 0 Å². The third-order valence-corrected chi connectivity index (χ3v) is 2.57. The number of hydrogen-bond donors (Lipinski definition) is 0. The van der Waals surface area contributed by atoms with Crippen LogP contribution in [0.4, 0.5) is 0 Å². The molecule has 0 unspecified atom stereocenters. The maximum absolute atomic E-state index is 12.2. The monoisotopic (exact) mass is 210 g/mol. The predicted molar refractivity (Wildman–Crippen MR) is 67.0 cm³/mol. The number of ketones is 1. The average Bonchev–Trinajstić information content (AvgIpc) is 2.73. The number of Topliss-reactive ketones (excluding diaryl/α,β-unsaturated/α-hetero) is 1. The predicted octanol–water partition coefficient (Wildman–Crippen LogP) is 3.44. The molecule has 80 valence electrons. The van der Waals surface area contributed by atoms with Crippen LogP contribution in [-0.4, -0.2) is 5.78 Å². The van der Waals surface area contributed by atoms with E-state index < -0.39 is 0 Å². The van der Waals surface area contributed by atoms with E-state index in [1.807, 2.05) is 60.8 Å². The Hall–Kier alpha value is -1.89. The lowest BCUT2D eigenvalue weighted by molar-refractivity contribution is -0.112. The summed E-state index contributed by atoms with van der Waals surface area (Å²) in [5, 5.41) is 0. The standard InChI is InChI=1S/C15H14O/c16-15(13-9-5-1-2-6-10-13)14-11-7-3-4-8-12-14/h1-9,11H,10,12H2. The number of hydrogen-bond acceptors (Lipinski definition) is 1. The minimum atomic E-state index is 0.160. The molecule has 2 aliphatic rings. The first kappa shape index (κ1) is 10.6. The highest BCUT2D eigenvalue weighted by molar-refractivity contribution is 6.09. The molecule has 0 fully saturated rings. The average molecular weight is 210 g/mol. The molecule has 2 rings (SSSR count). The quantitative estimate of drug-likeness (QED) is 0.682. The van der Waals surface area contributed by atoms with E-state index >= 15 is 0 Å². The maximum atomic E-state index is 12.2. The van der Waals surface area contributed by atoms with Crippen molar-refractivity contribution in [3.63, 3.8) is 0 Å². The molecule has 0 spiro atoms. The van der Waals surface area contributed by atoms with Gasteiger partial charge in [0.15, 0.2) is 5.78 Å². The summed E-state index contributed by atoms with van der Waals surface area (Å²) < 4.78 is 0. The van der Waals surface area contributed by atoms with Crippen molar-refractivity contribution in [3.05, 3.63) is 71.9 Å². The van der Waals surface area contributed by atoms with Crippen LogP contribution < -0.4 is 0 Å². The molecule has 0 atom stereocenters. The lowest BCUT2D eigenvalue weighted by Gasteiger charge is -2.05. The third-order valence-electron chi connectivity index (χ3n) is 2.57. The van der Waals surface area contributed by atoms with Gasteiger partial charge in [0.05, 0.1) is 0 Å². The van der Waals surface area contributed by atoms with Gasteiger partial charge in [-0.25, -0.2) is 0 Å². The van der Waals surface area contributed by atoms with E-state index in [0.29, 0.717) is 0 Å². The Labute approximate surface area is 95.9 Å². The summed E-state index contributed by atoms with van der Waals surface area (Å²) in [6.07, 6.45) is 20.9. The number of allylic oxidation sites excluding steroid dienone is 12. The second kappa shape index (κ2) is 5.26. The normalized spacial score (nSPS) is 18.8. The SMILES string of the molecule is O=C(C1=CC=CC=CC1)C1=CC=CC=CC1. The van der Waals surface area contributed by atoms with Crippen LogP contribution in [0.1, 0.15) is 12.8 Å². The zero-order valence-corrected chi connectivity index (χ0v) is 9.10. The van der Waals surface area contributed by atoms with Gasteiger partial charge in [-0.05, 0) is 12.8 Å². The minimum Gasteiger partial charge on any atom is -0.289 e. The molecule has 1 nitrogen and oxygen atoms in total. The Morgan fingerprint density at radius 2 is 1.25 bits per heavy atom. The second-order valence-corrected chi connectivity index (χ2v) is 3.75. The van der Waals surface area contributed by atoms with Gasteiger partial charge in [0, 0.05) is 11.1 Å². The number of carbonyl (C=O) groups is 1. The molecule has 0 aromatic heterocycles. The minimum absolute atomic E-state index is 0.160. The molecular formula is C15H14O. The molecule has 0 saturated heterocycles. The fourth-order valence-corrected chi connectivity index (χ4v) is 1.70. The Kier molecular flexibility index (Phi) is 3.50. The topological polar surface area (TPSA) is 17.1 Å². The highest BCUT2D eigenvalue weighted by Gasteiger charge is 2.12. The molecule has 0 aromatic carbocycles. The van der Waals surface area contributed by atoms with Crippen LogP contribution in [0, 0.1) is 0 Å². The molecule has 0 radical (unpaired) electrons. The zero-order valence-electron chi connectivity index (χ0n) is 9.10. The lowest BCUT2D eigenvalue weighted by Crippen LogP contribution is -2.05. The molecule has 0 aliphatic heterocycles. The van der Waals surface area contributed by atoms with E-state index in [1.54, 1.807) is 0 Å². The van der Waals surface area contributed by atoms with Crippen molar-refractivity contribution in [1.82, 2.24) is 0 Å². The van der Waals surface area contributed by atoms with E-state index in [-0.39, 0.29) is 5.78 Å². The fraction of sp³-hybridized carbons (Fsp3) is 0.133. The smallest absolute Gasteiger partial charge is 0.185 e. The lowest BCUT2D eigenvalue weighted by atomic mass is 9.98. The van der Waals surface area contributed by atoms with Gasteiger partial charge in [-0.3, -0.25) is 4.79 Å². The van der Waals surface area contributed by atoms with E-state index in [9.17, 15) is 4.79 Å². The molecule has 0 heterocycles. The van der Waals surface area contributed by atoms with E-state index in [1.165, 1.54) is 0 Å². The van der Waals surface area contributed by atoms with Crippen LogP contribution in [-0.2, 0) is 4.79 Å². The largest absolute Gasteiger partial charge is 0.289 e. The molecule has 0 saturated carbocycles.